The molecule has 0 aliphatic carbocycles. The number of hydrogen-bond donors (Lipinski definition) is 3. The number of anilines is 1. The van der Waals surface area contributed by atoms with Crippen molar-refractivity contribution in [1.82, 2.24) is 5.32 Å². The lowest BCUT2D eigenvalue weighted by atomic mass is 10.1. The summed E-state index contributed by atoms with van der Waals surface area (Å²) in [5, 5.41) is 17.8. The number of hydrogen-bond acceptors (Lipinski definition) is 3. The average Bonchev–Trinajstić information content (AvgIpc) is 2.56. The van der Waals surface area contributed by atoms with E-state index in [9.17, 15) is 9.90 Å². The molecule has 0 radical (unpaired) electrons. The third-order valence-electron chi connectivity index (χ3n) is 3.48. The van der Waals surface area contributed by atoms with Crippen molar-refractivity contribution in [3.05, 3.63) is 71.2 Å². The smallest absolute Gasteiger partial charge is 0.257 e. The van der Waals surface area contributed by atoms with E-state index in [0.29, 0.717) is 21.7 Å². The lowest BCUT2D eigenvalue weighted by Gasteiger charge is -2.12. The van der Waals surface area contributed by atoms with Gasteiger partial charge in [-0.05, 0) is 48.6 Å². The van der Waals surface area contributed by atoms with Gasteiger partial charge in [0.15, 0.2) is 5.11 Å². The van der Waals surface area contributed by atoms with Crippen LogP contribution >= 0.6 is 23.8 Å². The summed E-state index contributed by atoms with van der Waals surface area (Å²) in [7, 11) is 0. The summed E-state index contributed by atoms with van der Waals surface area (Å²) in [6.45, 7) is 0. The van der Waals surface area contributed by atoms with Crippen LogP contribution in [0.25, 0.3) is 10.8 Å². The molecule has 3 aromatic carbocycles. The SMILES string of the molecule is O=C(NC(=S)Nc1cccc2c(O)cccc12)c1ccc(Cl)cc1. The van der Waals surface area contributed by atoms with Crippen LogP contribution in [0.5, 0.6) is 5.75 Å². The number of nitrogens with one attached hydrogen (secondary N) is 2. The first-order valence-corrected chi connectivity index (χ1v) is 7.92. The molecule has 0 spiro atoms. The number of fused-ring (bicyclic) bond motifs is 1. The Balaban J connectivity index is 1.77. The van der Waals surface area contributed by atoms with Crippen molar-refractivity contribution in [2.24, 2.45) is 0 Å². The van der Waals surface area contributed by atoms with Gasteiger partial charge in [0, 0.05) is 27.0 Å². The molecule has 0 aromatic heterocycles. The molecule has 3 aromatic rings. The summed E-state index contributed by atoms with van der Waals surface area (Å²) in [4.78, 5) is 12.2. The van der Waals surface area contributed by atoms with E-state index in [1.165, 1.54) is 0 Å². The van der Waals surface area contributed by atoms with Gasteiger partial charge in [0.25, 0.3) is 5.91 Å². The van der Waals surface area contributed by atoms with Crippen LogP contribution in [0.15, 0.2) is 60.7 Å². The van der Waals surface area contributed by atoms with E-state index in [1.807, 2.05) is 18.2 Å². The second-order valence-corrected chi connectivity index (χ2v) is 5.94. The molecule has 1 amide bonds. The van der Waals surface area contributed by atoms with Crippen LogP contribution in [-0.4, -0.2) is 16.1 Å². The van der Waals surface area contributed by atoms with Gasteiger partial charge in [-0.1, -0.05) is 35.9 Å². The van der Waals surface area contributed by atoms with E-state index in [1.54, 1.807) is 42.5 Å². The van der Waals surface area contributed by atoms with Crippen LogP contribution in [0.2, 0.25) is 5.02 Å². The van der Waals surface area contributed by atoms with Gasteiger partial charge >= 0.3 is 0 Å². The normalized spacial score (nSPS) is 10.4. The third-order valence-corrected chi connectivity index (χ3v) is 3.94. The Morgan fingerprint density at radius 1 is 0.958 bits per heavy atom. The van der Waals surface area contributed by atoms with Gasteiger partial charge in [-0.2, -0.15) is 0 Å². The molecular weight excluding hydrogens is 344 g/mol. The van der Waals surface area contributed by atoms with E-state index in [4.69, 9.17) is 23.8 Å². The van der Waals surface area contributed by atoms with Gasteiger partial charge < -0.3 is 10.4 Å². The molecule has 0 bridgehead atoms. The third kappa shape index (κ3) is 3.48. The highest BCUT2D eigenvalue weighted by Gasteiger charge is 2.10. The monoisotopic (exact) mass is 356 g/mol. The molecule has 3 N–H and O–H groups in total. The largest absolute Gasteiger partial charge is 0.507 e. The van der Waals surface area contributed by atoms with Crippen LogP contribution in [0, 0.1) is 0 Å². The van der Waals surface area contributed by atoms with E-state index in [2.05, 4.69) is 10.6 Å². The van der Waals surface area contributed by atoms with Crippen molar-refractivity contribution in [3.8, 4) is 5.75 Å². The molecule has 3 rings (SSSR count). The topological polar surface area (TPSA) is 61.4 Å². The van der Waals surface area contributed by atoms with Gasteiger partial charge in [0.05, 0.1) is 0 Å². The van der Waals surface area contributed by atoms with Crippen LogP contribution in [0.4, 0.5) is 5.69 Å². The molecule has 0 aliphatic heterocycles. The molecule has 4 nitrogen and oxygen atoms in total. The number of phenols is 1. The molecule has 0 fully saturated rings. The lowest BCUT2D eigenvalue weighted by Crippen LogP contribution is -2.34. The highest BCUT2D eigenvalue weighted by Crippen LogP contribution is 2.29. The fourth-order valence-corrected chi connectivity index (χ4v) is 2.66. The number of amides is 1. The zero-order valence-electron chi connectivity index (χ0n) is 12.4. The maximum atomic E-state index is 12.2. The Hall–Kier alpha value is -2.63. The van der Waals surface area contributed by atoms with Crippen molar-refractivity contribution in [2.75, 3.05) is 5.32 Å². The minimum absolute atomic E-state index is 0.172. The Bertz CT molecular complexity index is 926. The maximum absolute atomic E-state index is 12.2. The summed E-state index contributed by atoms with van der Waals surface area (Å²) >= 11 is 11.0. The maximum Gasteiger partial charge on any atom is 0.257 e. The zero-order valence-corrected chi connectivity index (χ0v) is 14.0. The Morgan fingerprint density at radius 2 is 1.62 bits per heavy atom. The summed E-state index contributed by atoms with van der Waals surface area (Å²) < 4.78 is 0. The fraction of sp³-hybridized carbons (Fsp3) is 0. The second kappa shape index (κ2) is 6.86. The number of rotatable bonds is 2. The quantitative estimate of drug-likeness (QED) is 0.598. The summed E-state index contributed by atoms with van der Waals surface area (Å²) in [6.07, 6.45) is 0. The molecule has 24 heavy (non-hydrogen) atoms. The molecule has 0 saturated carbocycles. The van der Waals surface area contributed by atoms with Gasteiger partial charge in [0.1, 0.15) is 5.75 Å². The van der Waals surface area contributed by atoms with Crippen LogP contribution < -0.4 is 10.6 Å². The first kappa shape index (κ1) is 16.2. The molecule has 0 heterocycles. The van der Waals surface area contributed by atoms with Crippen LogP contribution in [0.3, 0.4) is 0 Å². The minimum Gasteiger partial charge on any atom is -0.507 e. The van der Waals surface area contributed by atoms with E-state index in [0.717, 1.165) is 5.39 Å². The van der Waals surface area contributed by atoms with E-state index < -0.39 is 0 Å². The van der Waals surface area contributed by atoms with Crippen molar-refractivity contribution < 1.29 is 9.90 Å². The zero-order chi connectivity index (χ0) is 17.1. The first-order chi connectivity index (χ1) is 11.5. The summed E-state index contributed by atoms with van der Waals surface area (Å²) in [5.74, 6) is -0.139. The highest BCUT2D eigenvalue weighted by atomic mass is 35.5. The molecule has 6 heteroatoms. The predicted octanol–water partition coefficient (Wildman–Crippen LogP) is 4.33. The van der Waals surface area contributed by atoms with Gasteiger partial charge in [-0.15, -0.1) is 0 Å². The number of phenolic OH excluding ortho intramolecular Hbond substituents is 1. The summed E-state index contributed by atoms with van der Waals surface area (Å²) in [5.41, 5.74) is 1.16. The molecular formula is C18H13ClN2O2S. The Kier molecular flexibility index (Phi) is 4.64. The van der Waals surface area contributed by atoms with Gasteiger partial charge in [-0.25, -0.2) is 0 Å². The average molecular weight is 357 g/mol. The molecule has 0 atom stereocenters. The minimum atomic E-state index is -0.327. The standard InChI is InChI=1S/C18H13ClN2O2S/c19-12-9-7-11(8-10-12)17(23)21-18(24)20-15-5-1-4-14-13(15)3-2-6-16(14)22/h1-10,22H,(H2,20,21,23,24). The lowest BCUT2D eigenvalue weighted by molar-refractivity contribution is 0.0977. The van der Waals surface area contributed by atoms with Gasteiger partial charge in [0.2, 0.25) is 0 Å². The van der Waals surface area contributed by atoms with E-state index in [-0.39, 0.29) is 16.8 Å². The summed E-state index contributed by atoms with van der Waals surface area (Å²) in [6, 6.07) is 17.2. The molecule has 0 saturated heterocycles. The number of thiocarbonyl (C=S) groups is 1. The van der Waals surface area contributed by atoms with E-state index >= 15 is 0 Å². The number of carbonyl (C=O) groups is 1. The first-order valence-electron chi connectivity index (χ1n) is 7.13. The predicted molar refractivity (Wildman–Crippen MR) is 101 cm³/mol. The second-order valence-electron chi connectivity index (χ2n) is 5.09. The Morgan fingerprint density at radius 3 is 2.38 bits per heavy atom. The van der Waals surface area contributed by atoms with Crippen molar-refractivity contribution >= 4 is 51.3 Å². The van der Waals surface area contributed by atoms with Crippen molar-refractivity contribution in [3.63, 3.8) is 0 Å². The highest BCUT2D eigenvalue weighted by molar-refractivity contribution is 7.80. The number of benzene rings is 3. The number of carbonyl (C=O) groups excluding carboxylic acids is 1. The van der Waals surface area contributed by atoms with Crippen LogP contribution in [0.1, 0.15) is 10.4 Å². The number of halogens is 1. The molecule has 0 aliphatic rings. The molecule has 0 unspecified atom stereocenters. The number of aromatic hydroxyl groups is 1. The van der Waals surface area contributed by atoms with Crippen LogP contribution in [-0.2, 0) is 0 Å². The van der Waals surface area contributed by atoms with Crippen molar-refractivity contribution in [2.45, 2.75) is 0 Å². The fourth-order valence-electron chi connectivity index (χ4n) is 2.33. The molecule has 120 valence electrons. The Labute approximate surface area is 149 Å². The van der Waals surface area contributed by atoms with Gasteiger partial charge in [-0.3, -0.25) is 10.1 Å². The van der Waals surface area contributed by atoms with Crippen molar-refractivity contribution in [1.29, 1.82) is 0 Å².